The predicted molar refractivity (Wildman–Crippen MR) is 118 cm³/mol. The number of benzene rings is 3. The summed E-state index contributed by atoms with van der Waals surface area (Å²) >= 11 is 0. The normalized spacial score (nSPS) is 11.0. The summed E-state index contributed by atoms with van der Waals surface area (Å²) in [5, 5.41) is 0. The molecular weight excluding hydrogens is 360 g/mol. The quantitative estimate of drug-likeness (QED) is 0.377. The number of para-hydroxylation sites is 3. The van der Waals surface area contributed by atoms with Crippen molar-refractivity contribution in [1.29, 1.82) is 0 Å². The van der Waals surface area contributed by atoms with E-state index in [2.05, 4.69) is 60.9 Å². The lowest BCUT2D eigenvalue weighted by molar-refractivity contribution is 0.299. The third kappa shape index (κ3) is 3.97. The Kier molecular flexibility index (Phi) is 5.52. The summed E-state index contributed by atoms with van der Waals surface area (Å²) in [6, 6.07) is 22.6. The number of rotatable bonds is 7. The Morgan fingerprint density at radius 3 is 2.45 bits per heavy atom. The van der Waals surface area contributed by atoms with Crippen molar-refractivity contribution in [2.24, 2.45) is 0 Å². The van der Waals surface area contributed by atoms with Crippen LogP contribution in [0.2, 0.25) is 0 Å². The molecular formula is C25H26N2O2. The number of hydrogen-bond donors (Lipinski definition) is 0. The molecule has 0 aliphatic rings. The van der Waals surface area contributed by atoms with E-state index in [1.807, 2.05) is 24.3 Å². The molecule has 4 aromatic rings. The van der Waals surface area contributed by atoms with Crippen molar-refractivity contribution in [1.82, 2.24) is 9.55 Å². The van der Waals surface area contributed by atoms with Gasteiger partial charge < -0.3 is 14.0 Å². The summed E-state index contributed by atoms with van der Waals surface area (Å²) in [6.07, 6.45) is 0.894. The van der Waals surface area contributed by atoms with E-state index in [0.717, 1.165) is 46.9 Å². The number of ether oxygens (including phenoxy) is 2. The van der Waals surface area contributed by atoms with E-state index in [4.69, 9.17) is 14.5 Å². The molecule has 3 aromatic carbocycles. The lowest BCUT2D eigenvalue weighted by Crippen LogP contribution is -2.07. The maximum atomic E-state index is 6.11. The van der Waals surface area contributed by atoms with E-state index >= 15 is 0 Å². The highest BCUT2D eigenvalue weighted by Crippen LogP contribution is 2.28. The molecule has 0 saturated heterocycles. The maximum Gasteiger partial charge on any atom is 0.141 e. The molecule has 4 rings (SSSR count). The smallest absolute Gasteiger partial charge is 0.141 e. The van der Waals surface area contributed by atoms with E-state index in [1.165, 1.54) is 11.1 Å². The van der Waals surface area contributed by atoms with Gasteiger partial charge in [0.1, 0.15) is 17.3 Å². The maximum absolute atomic E-state index is 6.11. The second-order valence-corrected chi connectivity index (χ2v) is 7.23. The molecule has 0 bridgehead atoms. The highest BCUT2D eigenvalue weighted by atomic mass is 16.5. The molecule has 29 heavy (non-hydrogen) atoms. The van der Waals surface area contributed by atoms with Crippen LogP contribution in [0.15, 0.2) is 66.7 Å². The van der Waals surface area contributed by atoms with Crippen LogP contribution in [0.5, 0.6) is 11.5 Å². The number of methoxy groups -OCH3 is 1. The zero-order valence-corrected chi connectivity index (χ0v) is 17.2. The van der Waals surface area contributed by atoms with Gasteiger partial charge in [-0.3, -0.25) is 0 Å². The summed E-state index contributed by atoms with van der Waals surface area (Å²) < 4.78 is 13.8. The molecule has 0 spiro atoms. The van der Waals surface area contributed by atoms with Crippen molar-refractivity contribution in [3.05, 3.63) is 77.9 Å². The first-order chi connectivity index (χ1) is 14.2. The Bertz CT molecular complexity index is 1110. The molecule has 0 radical (unpaired) electrons. The van der Waals surface area contributed by atoms with Crippen LogP contribution in [0.3, 0.4) is 0 Å². The molecule has 0 N–H and O–H groups in total. The first-order valence-corrected chi connectivity index (χ1v) is 9.96. The summed E-state index contributed by atoms with van der Waals surface area (Å²) in [6.45, 7) is 5.67. The average molecular weight is 386 g/mol. The molecule has 4 nitrogen and oxygen atoms in total. The second kappa shape index (κ2) is 8.39. The van der Waals surface area contributed by atoms with Crippen molar-refractivity contribution < 1.29 is 9.47 Å². The van der Waals surface area contributed by atoms with Gasteiger partial charge in [-0.05, 0) is 55.7 Å². The van der Waals surface area contributed by atoms with Crippen LogP contribution in [0, 0.1) is 13.8 Å². The summed E-state index contributed by atoms with van der Waals surface area (Å²) in [5.74, 6) is 2.78. The van der Waals surface area contributed by atoms with Crippen LogP contribution in [0.1, 0.15) is 17.5 Å². The SMILES string of the molecule is COc1cccc(-c2nc3ccccc3n2CCCOc2c(C)cccc2C)c1. The monoisotopic (exact) mass is 386 g/mol. The van der Waals surface area contributed by atoms with E-state index in [1.54, 1.807) is 7.11 Å². The Morgan fingerprint density at radius 2 is 1.66 bits per heavy atom. The molecule has 0 aliphatic heterocycles. The molecule has 0 amide bonds. The highest BCUT2D eigenvalue weighted by Gasteiger charge is 2.13. The largest absolute Gasteiger partial charge is 0.497 e. The predicted octanol–water partition coefficient (Wildman–Crippen LogP) is 5.80. The van der Waals surface area contributed by atoms with E-state index in [-0.39, 0.29) is 0 Å². The lowest BCUT2D eigenvalue weighted by Gasteiger charge is -2.13. The topological polar surface area (TPSA) is 36.3 Å². The highest BCUT2D eigenvalue weighted by molar-refractivity contribution is 5.80. The number of hydrogen-bond acceptors (Lipinski definition) is 3. The molecule has 0 saturated carbocycles. The van der Waals surface area contributed by atoms with Crippen LogP contribution in [-0.4, -0.2) is 23.3 Å². The zero-order chi connectivity index (χ0) is 20.2. The Balaban J connectivity index is 1.58. The Labute approximate surface area is 171 Å². The van der Waals surface area contributed by atoms with Crippen LogP contribution in [-0.2, 0) is 6.54 Å². The third-order valence-electron chi connectivity index (χ3n) is 5.16. The minimum absolute atomic E-state index is 0.662. The Morgan fingerprint density at radius 1 is 0.897 bits per heavy atom. The molecule has 1 heterocycles. The van der Waals surface area contributed by atoms with Gasteiger partial charge in [0.2, 0.25) is 0 Å². The van der Waals surface area contributed by atoms with E-state index < -0.39 is 0 Å². The van der Waals surface area contributed by atoms with E-state index in [9.17, 15) is 0 Å². The number of aromatic nitrogens is 2. The number of imidazole rings is 1. The fraction of sp³-hybridized carbons (Fsp3) is 0.240. The van der Waals surface area contributed by atoms with Gasteiger partial charge in [-0.25, -0.2) is 4.98 Å². The van der Waals surface area contributed by atoms with Crippen molar-refractivity contribution in [2.75, 3.05) is 13.7 Å². The zero-order valence-electron chi connectivity index (χ0n) is 17.2. The molecule has 1 aromatic heterocycles. The van der Waals surface area contributed by atoms with Gasteiger partial charge in [0.15, 0.2) is 0 Å². The number of aryl methyl sites for hydroxylation is 3. The fourth-order valence-corrected chi connectivity index (χ4v) is 3.71. The average Bonchev–Trinajstić information content (AvgIpc) is 3.11. The molecule has 0 aliphatic carbocycles. The third-order valence-corrected chi connectivity index (χ3v) is 5.16. The van der Waals surface area contributed by atoms with Gasteiger partial charge in [-0.15, -0.1) is 0 Å². The van der Waals surface area contributed by atoms with Gasteiger partial charge in [0, 0.05) is 12.1 Å². The van der Waals surface area contributed by atoms with Crippen LogP contribution >= 0.6 is 0 Å². The van der Waals surface area contributed by atoms with Crippen molar-refractivity contribution in [3.8, 4) is 22.9 Å². The van der Waals surface area contributed by atoms with Crippen molar-refractivity contribution in [3.63, 3.8) is 0 Å². The standard InChI is InChI=1S/C25H26N2O2/c1-18-9-6-10-19(2)24(18)29-16-8-15-27-23-14-5-4-13-22(23)26-25(27)20-11-7-12-21(17-20)28-3/h4-7,9-14,17H,8,15-16H2,1-3H3. The van der Waals surface area contributed by atoms with Crippen molar-refractivity contribution >= 4 is 11.0 Å². The van der Waals surface area contributed by atoms with Gasteiger partial charge >= 0.3 is 0 Å². The molecule has 0 unspecified atom stereocenters. The summed E-state index contributed by atoms with van der Waals surface area (Å²) in [4.78, 5) is 4.89. The van der Waals surface area contributed by atoms with Gasteiger partial charge in [-0.1, -0.05) is 42.5 Å². The first kappa shape index (κ1) is 19.1. The first-order valence-electron chi connectivity index (χ1n) is 9.96. The molecule has 0 fully saturated rings. The minimum atomic E-state index is 0.662. The van der Waals surface area contributed by atoms with Gasteiger partial charge in [0.25, 0.3) is 0 Å². The molecule has 4 heteroatoms. The van der Waals surface area contributed by atoms with Crippen LogP contribution in [0.25, 0.3) is 22.4 Å². The second-order valence-electron chi connectivity index (χ2n) is 7.23. The minimum Gasteiger partial charge on any atom is -0.497 e. The van der Waals surface area contributed by atoms with Gasteiger partial charge in [-0.2, -0.15) is 0 Å². The van der Waals surface area contributed by atoms with Gasteiger partial charge in [0.05, 0.1) is 24.8 Å². The van der Waals surface area contributed by atoms with Crippen LogP contribution in [0.4, 0.5) is 0 Å². The fourth-order valence-electron chi connectivity index (χ4n) is 3.71. The lowest BCUT2D eigenvalue weighted by atomic mass is 10.1. The van der Waals surface area contributed by atoms with Crippen LogP contribution < -0.4 is 9.47 Å². The summed E-state index contributed by atoms with van der Waals surface area (Å²) in [5.41, 5.74) is 5.54. The summed E-state index contributed by atoms with van der Waals surface area (Å²) in [7, 11) is 1.69. The number of nitrogens with zero attached hydrogens (tertiary/aromatic N) is 2. The molecule has 148 valence electrons. The van der Waals surface area contributed by atoms with E-state index in [0.29, 0.717) is 6.61 Å². The Hall–Kier alpha value is -3.27. The number of fused-ring (bicyclic) bond motifs is 1. The van der Waals surface area contributed by atoms with Crippen molar-refractivity contribution in [2.45, 2.75) is 26.8 Å². The molecule has 0 atom stereocenters.